The van der Waals surface area contributed by atoms with Crippen molar-refractivity contribution < 1.29 is 0 Å². The van der Waals surface area contributed by atoms with E-state index in [2.05, 4.69) is 57.8 Å². The maximum absolute atomic E-state index is 6.34. The van der Waals surface area contributed by atoms with Gasteiger partial charge in [0.2, 0.25) is 0 Å². The first-order valence-corrected chi connectivity index (χ1v) is 8.80. The van der Waals surface area contributed by atoms with Crippen LogP contribution in [0.15, 0.2) is 28.7 Å². The fourth-order valence-electron chi connectivity index (χ4n) is 2.96. The van der Waals surface area contributed by atoms with Crippen LogP contribution in [-0.4, -0.2) is 49.1 Å². The molecule has 1 aromatic rings. The molecule has 1 heterocycles. The topological polar surface area (TPSA) is 32.5 Å². The minimum Gasteiger partial charge on any atom is -0.324 e. The summed E-state index contributed by atoms with van der Waals surface area (Å²) >= 11 is 3.59. The SMILES string of the molecule is CC(C)CN1CCN(CCC(N)c2ccccc2Br)CC1. The standard InChI is InChI=1S/C17H28BrN3/c1-14(2)13-21-11-9-20(10-12-21)8-7-17(19)15-5-3-4-6-16(15)18/h3-6,14,17H,7-13,19H2,1-2H3. The summed E-state index contributed by atoms with van der Waals surface area (Å²) in [5, 5.41) is 0. The Balaban J connectivity index is 1.73. The number of halogens is 1. The molecule has 0 bridgehead atoms. The van der Waals surface area contributed by atoms with Crippen LogP contribution in [0.1, 0.15) is 31.9 Å². The summed E-state index contributed by atoms with van der Waals surface area (Å²) in [5.41, 5.74) is 7.56. The van der Waals surface area contributed by atoms with Gasteiger partial charge in [-0.05, 0) is 24.0 Å². The Morgan fingerprint density at radius 1 is 1.10 bits per heavy atom. The van der Waals surface area contributed by atoms with Gasteiger partial charge in [0.25, 0.3) is 0 Å². The van der Waals surface area contributed by atoms with E-state index in [1.165, 1.54) is 38.3 Å². The minimum absolute atomic E-state index is 0.120. The van der Waals surface area contributed by atoms with Crippen molar-refractivity contribution in [3.63, 3.8) is 0 Å². The van der Waals surface area contributed by atoms with Crippen molar-refractivity contribution in [2.75, 3.05) is 39.3 Å². The van der Waals surface area contributed by atoms with Crippen LogP contribution in [0.4, 0.5) is 0 Å². The van der Waals surface area contributed by atoms with Crippen LogP contribution in [-0.2, 0) is 0 Å². The van der Waals surface area contributed by atoms with Gasteiger partial charge in [-0.1, -0.05) is 48.0 Å². The highest BCUT2D eigenvalue weighted by atomic mass is 79.9. The molecule has 2 rings (SSSR count). The predicted octanol–water partition coefficient (Wildman–Crippen LogP) is 3.11. The minimum atomic E-state index is 0.120. The van der Waals surface area contributed by atoms with Gasteiger partial charge in [0.05, 0.1) is 0 Å². The normalized spacial score (nSPS) is 19.1. The van der Waals surface area contributed by atoms with E-state index in [0.717, 1.165) is 23.4 Å². The Bertz CT molecular complexity index is 428. The van der Waals surface area contributed by atoms with Crippen LogP contribution in [0, 0.1) is 5.92 Å². The lowest BCUT2D eigenvalue weighted by molar-refractivity contribution is 0.120. The highest BCUT2D eigenvalue weighted by molar-refractivity contribution is 9.10. The molecule has 3 nitrogen and oxygen atoms in total. The quantitative estimate of drug-likeness (QED) is 0.852. The zero-order valence-electron chi connectivity index (χ0n) is 13.3. The van der Waals surface area contributed by atoms with Crippen molar-refractivity contribution in [1.82, 2.24) is 9.80 Å². The second-order valence-electron chi connectivity index (χ2n) is 6.45. The lowest BCUT2D eigenvalue weighted by Gasteiger charge is -2.36. The lowest BCUT2D eigenvalue weighted by atomic mass is 10.0. The van der Waals surface area contributed by atoms with Crippen molar-refractivity contribution in [3.8, 4) is 0 Å². The van der Waals surface area contributed by atoms with Crippen LogP contribution >= 0.6 is 15.9 Å². The average molecular weight is 354 g/mol. The van der Waals surface area contributed by atoms with E-state index < -0.39 is 0 Å². The van der Waals surface area contributed by atoms with E-state index in [1.807, 2.05) is 6.07 Å². The van der Waals surface area contributed by atoms with E-state index in [-0.39, 0.29) is 6.04 Å². The van der Waals surface area contributed by atoms with E-state index in [4.69, 9.17) is 5.73 Å². The number of piperazine rings is 1. The van der Waals surface area contributed by atoms with Crippen molar-refractivity contribution >= 4 is 15.9 Å². The first-order chi connectivity index (χ1) is 10.1. The van der Waals surface area contributed by atoms with Gasteiger partial charge >= 0.3 is 0 Å². The molecule has 1 saturated heterocycles. The summed E-state index contributed by atoms with van der Waals surface area (Å²) < 4.78 is 1.12. The number of benzene rings is 1. The number of hydrogen-bond acceptors (Lipinski definition) is 3. The molecule has 1 unspecified atom stereocenters. The molecule has 0 radical (unpaired) electrons. The first-order valence-electron chi connectivity index (χ1n) is 8.01. The number of nitrogens with zero attached hydrogens (tertiary/aromatic N) is 2. The second kappa shape index (κ2) is 8.28. The van der Waals surface area contributed by atoms with Gasteiger partial charge in [-0.25, -0.2) is 0 Å². The Morgan fingerprint density at radius 3 is 2.33 bits per heavy atom. The average Bonchev–Trinajstić information content (AvgIpc) is 2.46. The molecule has 0 aliphatic carbocycles. The molecule has 0 amide bonds. The maximum atomic E-state index is 6.34. The fraction of sp³-hybridized carbons (Fsp3) is 0.647. The van der Waals surface area contributed by atoms with Crippen LogP contribution < -0.4 is 5.73 Å². The van der Waals surface area contributed by atoms with Crippen LogP contribution in [0.3, 0.4) is 0 Å². The molecular weight excluding hydrogens is 326 g/mol. The molecule has 21 heavy (non-hydrogen) atoms. The van der Waals surface area contributed by atoms with E-state index >= 15 is 0 Å². The molecule has 1 aliphatic rings. The predicted molar refractivity (Wildman–Crippen MR) is 93.4 cm³/mol. The van der Waals surface area contributed by atoms with Crippen LogP contribution in [0.5, 0.6) is 0 Å². The van der Waals surface area contributed by atoms with Gasteiger partial charge in [-0.15, -0.1) is 0 Å². The largest absolute Gasteiger partial charge is 0.324 e. The Hall–Kier alpha value is -0.420. The molecule has 1 fully saturated rings. The van der Waals surface area contributed by atoms with Crippen molar-refractivity contribution in [2.24, 2.45) is 11.7 Å². The monoisotopic (exact) mass is 353 g/mol. The third kappa shape index (κ3) is 5.37. The Labute approximate surface area is 137 Å². The summed E-state index contributed by atoms with van der Waals surface area (Å²) in [4.78, 5) is 5.13. The summed E-state index contributed by atoms with van der Waals surface area (Å²) in [5.74, 6) is 0.764. The molecule has 0 saturated carbocycles. The fourth-order valence-corrected chi connectivity index (χ4v) is 3.54. The summed E-state index contributed by atoms with van der Waals surface area (Å²) in [6.07, 6.45) is 1.02. The van der Waals surface area contributed by atoms with E-state index in [9.17, 15) is 0 Å². The number of rotatable bonds is 6. The maximum Gasteiger partial charge on any atom is 0.0318 e. The highest BCUT2D eigenvalue weighted by Crippen LogP contribution is 2.23. The number of hydrogen-bond donors (Lipinski definition) is 1. The molecule has 0 aromatic heterocycles. The smallest absolute Gasteiger partial charge is 0.0318 e. The number of nitrogens with two attached hydrogens (primary N) is 1. The van der Waals surface area contributed by atoms with Crippen molar-refractivity contribution in [2.45, 2.75) is 26.3 Å². The third-order valence-electron chi connectivity index (χ3n) is 4.15. The van der Waals surface area contributed by atoms with Gasteiger partial charge in [0, 0.05) is 49.8 Å². The van der Waals surface area contributed by atoms with Crippen LogP contribution in [0.25, 0.3) is 0 Å². The third-order valence-corrected chi connectivity index (χ3v) is 4.87. The molecule has 118 valence electrons. The summed E-state index contributed by atoms with van der Waals surface area (Å²) in [6, 6.07) is 8.41. The Kier molecular flexibility index (Phi) is 6.68. The van der Waals surface area contributed by atoms with Gasteiger partial charge in [0.1, 0.15) is 0 Å². The van der Waals surface area contributed by atoms with E-state index in [0.29, 0.717) is 0 Å². The van der Waals surface area contributed by atoms with Crippen molar-refractivity contribution in [1.29, 1.82) is 0 Å². The van der Waals surface area contributed by atoms with Crippen LogP contribution in [0.2, 0.25) is 0 Å². The van der Waals surface area contributed by atoms with Gasteiger partial charge in [0.15, 0.2) is 0 Å². The van der Waals surface area contributed by atoms with Gasteiger partial charge in [-0.2, -0.15) is 0 Å². The van der Waals surface area contributed by atoms with Crippen molar-refractivity contribution in [3.05, 3.63) is 34.3 Å². The summed E-state index contributed by atoms with van der Waals surface area (Å²) in [7, 11) is 0. The zero-order valence-corrected chi connectivity index (χ0v) is 14.8. The Morgan fingerprint density at radius 2 is 1.71 bits per heavy atom. The molecule has 1 atom stereocenters. The molecule has 2 N–H and O–H groups in total. The highest BCUT2D eigenvalue weighted by Gasteiger charge is 2.18. The second-order valence-corrected chi connectivity index (χ2v) is 7.31. The van der Waals surface area contributed by atoms with Gasteiger partial charge < -0.3 is 15.5 Å². The zero-order chi connectivity index (χ0) is 15.2. The lowest BCUT2D eigenvalue weighted by Crippen LogP contribution is -2.47. The molecular formula is C17H28BrN3. The molecule has 0 spiro atoms. The summed E-state index contributed by atoms with van der Waals surface area (Å²) in [6.45, 7) is 11.7. The molecule has 1 aromatic carbocycles. The van der Waals surface area contributed by atoms with E-state index in [1.54, 1.807) is 0 Å². The molecule has 1 aliphatic heterocycles. The molecule has 4 heteroatoms. The first kappa shape index (κ1) is 16.9. The van der Waals surface area contributed by atoms with Gasteiger partial charge in [-0.3, -0.25) is 0 Å².